The summed E-state index contributed by atoms with van der Waals surface area (Å²) < 4.78 is 67.1. The van der Waals surface area contributed by atoms with Gasteiger partial charge >= 0.3 is 0 Å². The molecule has 0 atom stereocenters. The van der Waals surface area contributed by atoms with Crippen molar-refractivity contribution in [3.05, 3.63) is 234 Å². The number of para-hydroxylation sites is 9. The van der Waals surface area contributed by atoms with E-state index in [1.165, 1.54) is 45.5 Å². The van der Waals surface area contributed by atoms with Crippen LogP contribution in [0, 0.1) is 5.82 Å². The van der Waals surface area contributed by atoms with Crippen LogP contribution in [0.3, 0.4) is 0 Å². The number of benzene rings is 9. The van der Waals surface area contributed by atoms with Gasteiger partial charge in [-0.1, -0.05) is 84.4 Å². The third-order valence-corrected chi connectivity index (χ3v) is 21.1. The second-order valence-corrected chi connectivity index (χ2v) is 28.2. The van der Waals surface area contributed by atoms with Crippen LogP contribution in [0.25, 0.3) is 32.7 Å². The van der Waals surface area contributed by atoms with Gasteiger partial charge in [-0.2, -0.15) is 0 Å². The normalized spacial score (nSPS) is 15.9. The first-order valence-electron chi connectivity index (χ1n) is 37.8. The highest BCUT2D eigenvalue weighted by atomic mass is 35.5. The van der Waals surface area contributed by atoms with Crippen molar-refractivity contribution in [1.82, 2.24) is 29.7 Å². The van der Waals surface area contributed by atoms with Crippen LogP contribution >= 0.6 is 11.6 Å². The van der Waals surface area contributed by atoms with Crippen molar-refractivity contribution in [2.24, 2.45) is 0 Å². The summed E-state index contributed by atoms with van der Waals surface area (Å²) in [7, 11) is 0. The number of halogens is 2. The van der Waals surface area contributed by atoms with Crippen LogP contribution in [0.2, 0.25) is 5.02 Å². The number of H-pyrrole nitrogens is 3. The molecule has 6 aliphatic heterocycles. The highest BCUT2D eigenvalue weighted by molar-refractivity contribution is 6.31. The van der Waals surface area contributed by atoms with E-state index in [1.807, 2.05) is 115 Å². The van der Waals surface area contributed by atoms with Gasteiger partial charge in [0.2, 0.25) is 11.5 Å². The zero-order valence-corrected chi connectivity index (χ0v) is 61.1. The van der Waals surface area contributed by atoms with Crippen molar-refractivity contribution in [1.29, 1.82) is 0 Å². The number of fused-ring (bicyclic) bond motifs is 6. The number of nitrogens with zero attached hydrogens (tertiary/aromatic N) is 6. The lowest BCUT2D eigenvalue weighted by Crippen LogP contribution is -2.46. The molecule has 552 valence electrons. The van der Waals surface area contributed by atoms with Crippen LogP contribution in [0.5, 0.6) is 69.0 Å². The Hall–Kier alpha value is -10.7. The maximum absolute atomic E-state index is 13.7. The van der Waals surface area contributed by atoms with Gasteiger partial charge in [-0.15, -0.1) is 0 Å². The average molecular weight is 1460 g/mol. The zero-order valence-electron chi connectivity index (χ0n) is 60.3. The van der Waals surface area contributed by atoms with Crippen molar-refractivity contribution in [2.75, 3.05) is 153 Å². The number of anilines is 3. The zero-order chi connectivity index (χ0) is 72.1. The molecule has 3 aromatic heterocycles. The molecule has 3 fully saturated rings. The Morgan fingerprint density at radius 3 is 1.29 bits per heavy atom. The molecule has 18 nitrogen and oxygen atoms in total. The molecule has 3 N–H and O–H groups in total. The maximum atomic E-state index is 13.7. The van der Waals surface area contributed by atoms with Crippen molar-refractivity contribution >= 4 is 61.4 Å². The fourth-order valence-electron chi connectivity index (χ4n) is 15.3. The second kappa shape index (κ2) is 33.8. The van der Waals surface area contributed by atoms with Crippen molar-refractivity contribution in [2.45, 2.75) is 38.5 Å². The monoisotopic (exact) mass is 1460 g/mol. The smallest absolute Gasteiger partial charge is 0.204 e. The Morgan fingerprint density at radius 1 is 0.336 bits per heavy atom. The van der Waals surface area contributed by atoms with Gasteiger partial charge in [0.05, 0.1) is 17.1 Å². The predicted molar refractivity (Wildman–Crippen MR) is 423 cm³/mol. The highest BCUT2D eigenvalue weighted by Crippen LogP contribution is 2.46. The molecule has 0 bridgehead atoms. The van der Waals surface area contributed by atoms with Crippen LogP contribution in [-0.4, -0.2) is 167 Å². The molecule has 20 heteroatoms. The lowest BCUT2D eigenvalue weighted by Gasteiger charge is -2.36. The van der Waals surface area contributed by atoms with Gasteiger partial charge in [0.25, 0.3) is 0 Å². The molecule has 0 saturated carbocycles. The Morgan fingerprint density at radius 2 is 0.757 bits per heavy atom. The SMILES string of the molecule is Clc1ccc2c(CCCN3CCN(c4ccccc4Oc4cccc5c4OCCO5)CC3)c[nH]c2c1.Fc1ccc2[nH]cc(CCCN3CCN(c4ccccc4Oc4cccc5c4OCCO5)CC3)c2c1.c1ccc(N2CCN(CCCc3c[nH]c4ccccc34)CC2)c(Oc2ccc3c(c2)OCCO3)c1. The van der Waals surface area contributed by atoms with Crippen LogP contribution in [0.1, 0.15) is 36.0 Å². The molecular formula is C87H91ClFN9O9. The first kappa shape index (κ1) is 70.6. The number of hydrogen-bond acceptors (Lipinski definition) is 15. The standard InChI is InChI=1S/C29H30ClN3O3.C29H30FN3O3.C29H31N3O3/c30-22-10-11-23-21(20-31-24(23)19-22)5-4-12-32-13-15-33(16-14-32)25-6-1-2-7-26(25)36-28-9-3-8-27-29(28)35-18-17-34-27;30-22-10-11-24-23(19-22)21(20-31-24)5-4-12-32-13-15-33(16-14-32)25-6-1-2-7-26(25)36-28-9-3-8-27-29(28)35-18-17-34-27;1-2-8-25-24(7-1)22(21-30-25)6-5-13-31-14-16-32(17-15-31)26-9-3-4-10-27(26)35-23-11-12-28-29(20-23)34-19-18-33-28/h2*1-3,6-11,19-20,31H,4-5,12-18H2;1-4,7-12,20-21,30H,5-6,13-19H2. The lowest BCUT2D eigenvalue weighted by atomic mass is 10.1. The quantitative estimate of drug-likeness (QED) is 0.0626. The van der Waals surface area contributed by atoms with E-state index in [4.69, 9.17) is 54.2 Å². The van der Waals surface area contributed by atoms with Crippen LogP contribution in [-0.2, 0) is 19.3 Å². The van der Waals surface area contributed by atoms with E-state index >= 15 is 0 Å². The van der Waals surface area contributed by atoms with Crippen molar-refractivity contribution in [3.63, 3.8) is 0 Å². The van der Waals surface area contributed by atoms with E-state index in [-0.39, 0.29) is 5.82 Å². The first-order valence-corrected chi connectivity index (χ1v) is 38.2. The van der Waals surface area contributed by atoms with Crippen LogP contribution in [0.4, 0.5) is 21.5 Å². The van der Waals surface area contributed by atoms with Crippen LogP contribution in [0.15, 0.2) is 207 Å². The van der Waals surface area contributed by atoms with E-state index in [0.29, 0.717) is 62.6 Å². The fraction of sp³-hybridized carbons (Fsp3) is 0.310. The fourth-order valence-corrected chi connectivity index (χ4v) is 15.5. The third kappa shape index (κ3) is 17.1. The number of aromatic amines is 3. The minimum absolute atomic E-state index is 0.184. The minimum atomic E-state index is -0.184. The lowest BCUT2D eigenvalue weighted by molar-refractivity contribution is 0.166. The first-order chi connectivity index (χ1) is 52.8. The van der Waals surface area contributed by atoms with E-state index in [0.717, 1.165) is 215 Å². The van der Waals surface area contributed by atoms with Crippen LogP contribution < -0.4 is 57.3 Å². The molecule has 0 aliphatic carbocycles. The summed E-state index contributed by atoms with van der Waals surface area (Å²) >= 11 is 6.12. The van der Waals surface area contributed by atoms with Gasteiger partial charge in [0.15, 0.2) is 51.7 Å². The molecule has 0 unspecified atom stereocenters. The van der Waals surface area contributed by atoms with Gasteiger partial charge in [-0.05, 0) is 184 Å². The highest BCUT2D eigenvalue weighted by Gasteiger charge is 2.27. The molecule has 18 rings (SSSR count). The van der Waals surface area contributed by atoms with Gasteiger partial charge in [-0.3, -0.25) is 14.7 Å². The van der Waals surface area contributed by atoms with Gasteiger partial charge < -0.3 is 72.3 Å². The minimum Gasteiger partial charge on any atom is -0.486 e. The van der Waals surface area contributed by atoms with Gasteiger partial charge in [0.1, 0.15) is 51.2 Å². The summed E-state index contributed by atoms with van der Waals surface area (Å²) in [6, 6.07) is 61.6. The summed E-state index contributed by atoms with van der Waals surface area (Å²) in [6.07, 6.45) is 12.8. The summed E-state index contributed by atoms with van der Waals surface area (Å²) in [5, 5.41) is 4.39. The number of rotatable bonds is 21. The molecule has 12 aromatic rings. The average Bonchev–Trinajstić information content (AvgIpc) is 1.81. The predicted octanol–water partition coefficient (Wildman–Crippen LogP) is 17.3. The summed E-state index contributed by atoms with van der Waals surface area (Å²) in [4.78, 5) is 24.9. The van der Waals surface area contributed by atoms with E-state index in [1.54, 1.807) is 6.07 Å². The molecule has 9 aromatic carbocycles. The molecule has 6 aliphatic rings. The molecule has 0 amide bonds. The number of aryl methyl sites for hydroxylation is 3. The number of ether oxygens (including phenoxy) is 9. The molecule has 107 heavy (non-hydrogen) atoms. The molecular weight excluding hydrogens is 1370 g/mol. The largest absolute Gasteiger partial charge is 0.486 e. The summed E-state index contributed by atoms with van der Waals surface area (Å²) in [6.45, 7) is 18.6. The van der Waals surface area contributed by atoms with Crippen molar-refractivity contribution in [3.8, 4) is 69.0 Å². The molecule has 0 radical (unpaired) electrons. The van der Waals surface area contributed by atoms with Gasteiger partial charge in [0, 0.05) is 141 Å². The number of nitrogens with one attached hydrogen (secondary N) is 3. The Kier molecular flexibility index (Phi) is 22.3. The second-order valence-electron chi connectivity index (χ2n) is 27.7. The summed E-state index contributed by atoms with van der Waals surface area (Å²) in [5.74, 6) is 8.81. The van der Waals surface area contributed by atoms with E-state index in [2.05, 4.69) is 123 Å². The van der Waals surface area contributed by atoms with Crippen molar-refractivity contribution < 1.29 is 47.0 Å². The number of hydrogen-bond donors (Lipinski definition) is 3. The molecule has 3 saturated heterocycles. The number of aromatic nitrogens is 3. The van der Waals surface area contributed by atoms with Gasteiger partial charge in [-0.25, -0.2) is 4.39 Å². The Labute approximate surface area is 628 Å². The molecule has 0 spiro atoms. The Balaban J connectivity index is 0.000000123. The summed E-state index contributed by atoms with van der Waals surface area (Å²) in [5.41, 5.74) is 10.7. The topological polar surface area (TPSA) is 150 Å². The third-order valence-electron chi connectivity index (χ3n) is 20.9. The molecule has 9 heterocycles. The van der Waals surface area contributed by atoms with E-state index < -0.39 is 0 Å². The Bertz CT molecular complexity index is 4960. The maximum Gasteiger partial charge on any atom is 0.204 e. The number of piperazine rings is 3. The van der Waals surface area contributed by atoms with E-state index in [9.17, 15) is 4.39 Å².